The number of carboxylic acid groups (broad SMARTS) is 1. The molecule has 3 rings (SSSR count). The highest BCUT2D eigenvalue weighted by Gasteiger charge is 2.68. The number of ether oxygens (including phenoxy) is 3. The van der Waals surface area contributed by atoms with Crippen molar-refractivity contribution >= 4 is 5.97 Å². The zero-order chi connectivity index (χ0) is 13.8. The van der Waals surface area contributed by atoms with Crippen molar-refractivity contribution in [3.63, 3.8) is 0 Å². The van der Waals surface area contributed by atoms with Gasteiger partial charge in [0.25, 0.3) is 0 Å². The molecule has 1 unspecified atom stereocenters. The molecule has 106 valence electrons. The molecule has 7 nitrogen and oxygen atoms in total. The standard InChI is InChI=1S/C12H16O7/c1-6(9(14)15)11(16)5-19-12(2-7-3-17-7)8(13)4-18-10(11)12/h7-8,10,13,16H,1-5H2,(H,14,15)/t7?,8-,10+,11+,12+/m0/s1. The van der Waals surface area contributed by atoms with Gasteiger partial charge < -0.3 is 29.5 Å². The summed E-state index contributed by atoms with van der Waals surface area (Å²) in [4.78, 5) is 11.0. The van der Waals surface area contributed by atoms with Crippen LogP contribution in [-0.2, 0) is 19.0 Å². The number of carbonyl (C=O) groups is 1. The Kier molecular flexibility index (Phi) is 2.74. The van der Waals surface area contributed by atoms with Gasteiger partial charge in [-0.3, -0.25) is 0 Å². The Labute approximate surface area is 109 Å². The van der Waals surface area contributed by atoms with Crippen molar-refractivity contribution in [1.82, 2.24) is 0 Å². The van der Waals surface area contributed by atoms with Gasteiger partial charge in [-0.05, 0) is 0 Å². The van der Waals surface area contributed by atoms with Gasteiger partial charge in [-0.25, -0.2) is 4.79 Å². The lowest BCUT2D eigenvalue weighted by atomic mass is 9.79. The number of carboxylic acids is 1. The van der Waals surface area contributed by atoms with E-state index >= 15 is 0 Å². The Balaban J connectivity index is 1.92. The number of aliphatic hydroxyl groups excluding tert-OH is 1. The van der Waals surface area contributed by atoms with E-state index in [9.17, 15) is 15.0 Å². The summed E-state index contributed by atoms with van der Waals surface area (Å²) in [6, 6.07) is 0. The van der Waals surface area contributed by atoms with Gasteiger partial charge in [-0.1, -0.05) is 6.58 Å². The number of aliphatic carboxylic acids is 1. The predicted octanol–water partition coefficient (Wildman–Crippen LogP) is -1.32. The lowest BCUT2D eigenvalue weighted by Crippen LogP contribution is -2.53. The molecule has 19 heavy (non-hydrogen) atoms. The van der Waals surface area contributed by atoms with Crippen LogP contribution in [0.3, 0.4) is 0 Å². The summed E-state index contributed by atoms with van der Waals surface area (Å²) in [6.45, 7) is 3.70. The molecule has 0 saturated carbocycles. The van der Waals surface area contributed by atoms with Gasteiger partial charge in [0, 0.05) is 6.42 Å². The molecule has 0 aromatic heterocycles. The first-order valence-electron chi connectivity index (χ1n) is 6.10. The summed E-state index contributed by atoms with van der Waals surface area (Å²) in [5, 5.41) is 29.6. The fourth-order valence-electron chi connectivity index (χ4n) is 2.95. The quantitative estimate of drug-likeness (QED) is 0.430. The Morgan fingerprint density at radius 2 is 2.05 bits per heavy atom. The number of hydrogen-bond acceptors (Lipinski definition) is 6. The molecule has 3 fully saturated rings. The van der Waals surface area contributed by atoms with Gasteiger partial charge in [-0.2, -0.15) is 0 Å². The molecule has 0 aromatic rings. The molecule has 3 aliphatic heterocycles. The second kappa shape index (κ2) is 4.00. The summed E-state index contributed by atoms with van der Waals surface area (Å²) in [7, 11) is 0. The van der Waals surface area contributed by atoms with Crippen LogP contribution >= 0.6 is 0 Å². The van der Waals surface area contributed by atoms with E-state index in [0.717, 1.165) is 0 Å². The number of aliphatic hydroxyl groups is 2. The van der Waals surface area contributed by atoms with Gasteiger partial charge in [0.05, 0.1) is 31.5 Å². The van der Waals surface area contributed by atoms with E-state index in [1.807, 2.05) is 0 Å². The van der Waals surface area contributed by atoms with Crippen LogP contribution in [0.2, 0.25) is 0 Å². The zero-order valence-corrected chi connectivity index (χ0v) is 10.2. The Hall–Kier alpha value is -0.990. The average Bonchev–Trinajstić information content (AvgIpc) is 3.04. The molecule has 0 bridgehead atoms. The minimum Gasteiger partial charge on any atom is -0.478 e. The Morgan fingerprint density at radius 3 is 2.63 bits per heavy atom. The maximum Gasteiger partial charge on any atom is 0.334 e. The molecule has 3 saturated heterocycles. The summed E-state index contributed by atoms with van der Waals surface area (Å²) in [5.41, 5.74) is -3.32. The van der Waals surface area contributed by atoms with Gasteiger partial charge in [-0.15, -0.1) is 0 Å². The first-order valence-corrected chi connectivity index (χ1v) is 6.10. The van der Waals surface area contributed by atoms with E-state index in [1.165, 1.54) is 0 Å². The van der Waals surface area contributed by atoms with E-state index in [0.29, 0.717) is 13.0 Å². The van der Waals surface area contributed by atoms with Gasteiger partial charge in [0.15, 0.2) is 0 Å². The summed E-state index contributed by atoms with van der Waals surface area (Å²) in [6.07, 6.45) is -1.53. The molecule has 0 radical (unpaired) electrons. The van der Waals surface area contributed by atoms with Crippen molar-refractivity contribution in [2.24, 2.45) is 0 Å². The second-order valence-corrected chi connectivity index (χ2v) is 5.34. The van der Waals surface area contributed by atoms with Crippen molar-refractivity contribution in [3.8, 4) is 0 Å². The molecule has 0 spiro atoms. The van der Waals surface area contributed by atoms with Crippen LogP contribution in [-0.4, -0.2) is 70.6 Å². The minimum atomic E-state index is -1.82. The highest BCUT2D eigenvalue weighted by atomic mass is 16.6. The molecule has 5 atom stereocenters. The van der Waals surface area contributed by atoms with E-state index in [4.69, 9.17) is 19.3 Å². The third-order valence-electron chi connectivity index (χ3n) is 4.15. The fraction of sp³-hybridized carbons (Fsp3) is 0.750. The normalized spacial score (nSPS) is 48.0. The Morgan fingerprint density at radius 1 is 1.37 bits per heavy atom. The van der Waals surface area contributed by atoms with Gasteiger partial charge in [0.2, 0.25) is 0 Å². The van der Waals surface area contributed by atoms with E-state index in [2.05, 4.69) is 6.58 Å². The van der Waals surface area contributed by atoms with Crippen molar-refractivity contribution in [3.05, 3.63) is 12.2 Å². The van der Waals surface area contributed by atoms with Crippen LogP contribution in [0.1, 0.15) is 6.42 Å². The van der Waals surface area contributed by atoms with Crippen molar-refractivity contribution in [2.75, 3.05) is 19.8 Å². The molecule has 7 heteroatoms. The van der Waals surface area contributed by atoms with Crippen LogP contribution in [0.5, 0.6) is 0 Å². The number of rotatable bonds is 4. The highest BCUT2D eigenvalue weighted by Crippen LogP contribution is 2.49. The highest BCUT2D eigenvalue weighted by molar-refractivity contribution is 5.88. The lowest BCUT2D eigenvalue weighted by Gasteiger charge is -2.32. The van der Waals surface area contributed by atoms with E-state index in [-0.39, 0.29) is 24.9 Å². The molecule has 0 aliphatic carbocycles. The fourth-order valence-corrected chi connectivity index (χ4v) is 2.95. The third kappa shape index (κ3) is 1.73. The van der Waals surface area contributed by atoms with Gasteiger partial charge >= 0.3 is 5.97 Å². The smallest absolute Gasteiger partial charge is 0.334 e. The van der Waals surface area contributed by atoms with Crippen LogP contribution in [0, 0.1) is 0 Å². The first-order chi connectivity index (χ1) is 8.90. The molecule has 3 N–H and O–H groups in total. The van der Waals surface area contributed by atoms with Crippen LogP contribution in [0.25, 0.3) is 0 Å². The van der Waals surface area contributed by atoms with E-state index < -0.39 is 29.4 Å². The lowest BCUT2D eigenvalue weighted by molar-refractivity contribution is -0.137. The zero-order valence-electron chi connectivity index (χ0n) is 10.2. The largest absolute Gasteiger partial charge is 0.478 e. The molecule has 3 aliphatic rings. The number of hydrogen-bond donors (Lipinski definition) is 3. The van der Waals surface area contributed by atoms with Crippen LogP contribution in [0.4, 0.5) is 0 Å². The molecular formula is C12H16O7. The van der Waals surface area contributed by atoms with Crippen molar-refractivity contribution < 1.29 is 34.3 Å². The topological polar surface area (TPSA) is 109 Å². The van der Waals surface area contributed by atoms with Crippen LogP contribution in [0.15, 0.2) is 12.2 Å². The first kappa shape index (κ1) is 13.0. The summed E-state index contributed by atoms with van der Waals surface area (Å²) in [5.74, 6) is -1.31. The Bertz CT molecular complexity index is 432. The van der Waals surface area contributed by atoms with Crippen molar-refractivity contribution in [2.45, 2.75) is 35.9 Å². The summed E-state index contributed by atoms with van der Waals surface area (Å²) >= 11 is 0. The minimum absolute atomic E-state index is 0.00735. The number of epoxide rings is 1. The van der Waals surface area contributed by atoms with E-state index in [1.54, 1.807) is 0 Å². The average molecular weight is 272 g/mol. The maximum absolute atomic E-state index is 11.0. The van der Waals surface area contributed by atoms with Gasteiger partial charge in [0.1, 0.15) is 23.4 Å². The van der Waals surface area contributed by atoms with Crippen molar-refractivity contribution in [1.29, 1.82) is 0 Å². The monoisotopic (exact) mass is 272 g/mol. The SMILES string of the molecule is C=C(C(=O)O)[C@]1(O)CO[C@]2(CC3CO3)[C@@H](O)CO[C@@H]21. The molecular weight excluding hydrogens is 256 g/mol. The molecule has 0 amide bonds. The maximum atomic E-state index is 11.0. The number of fused-ring (bicyclic) bond motifs is 1. The van der Waals surface area contributed by atoms with Crippen LogP contribution < -0.4 is 0 Å². The summed E-state index contributed by atoms with van der Waals surface area (Å²) < 4.78 is 16.1. The predicted molar refractivity (Wildman–Crippen MR) is 60.5 cm³/mol. The molecule has 0 aromatic carbocycles. The second-order valence-electron chi connectivity index (χ2n) is 5.34. The molecule has 3 heterocycles. The third-order valence-corrected chi connectivity index (χ3v) is 4.15.